The van der Waals surface area contributed by atoms with Crippen LogP contribution < -0.4 is 10.2 Å². The highest BCUT2D eigenvalue weighted by molar-refractivity contribution is 7.09. The second-order valence-corrected chi connectivity index (χ2v) is 6.72. The van der Waals surface area contributed by atoms with Crippen molar-refractivity contribution in [1.82, 2.24) is 20.3 Å². The van der Waals surface area contributed by atoms with E-state index in [0.29, 0.717) is 23.7 Å². The predicted molar refractivity (Wildman–Crippen MR) is 91.3 cm³/mol. The molecule has 4 heterocycles. The van der Waals surface area contributed by atoms with E-state index in [4.69, 9.17) is 9.37 Å². The highest BCUT2D eigenvalue weighted by Gasteiger charge is 2.24. The van der Waals surface area contributed by atoms with Crippen LogP contribution in [0.3, 0.4) is 0 Å². The average Bonchev–Trinajstić information content (AvgIpc) is 3.30. The van der Waals surface area contributed by atoms with Crippen LogP contribution in [-0.4, -0.2) is 46.6 Å². The topological polar surface area (TPSA) is 89.2 Å². The van der Waals surface area contributed by atoms with Crippen LogP contribution in [-0.2, 0) is 11.3 Å². The van der Waals surface area contributed by atoms with E-state index in [0.717, 1.165) is 31.7 Å². The minimum atomic E-state index is 0.205. The first-order valence-electron chi connectivity index (χ1n) is 7.88. The summed E-state index contributed by atoms with van der Waals surface area (Å²) in [7, 11) is 1.75. The molecule has 8 nitrogen and oxygen atoms in total. The Labute approximate surface area is 142 Å². The molecule has 0 aromatic carbocycles. The lowest BCUT2D eigenvalue weighted by molar-refractivity contribution is 0.0892. The zero-order valence-corrected chi connectivity index (χ0v) is 14.1. The number of fused-ring (bicyclic) bond motifs is 1. The molecule has 3 aromatic heterocycles. The molecule has 0 aliphatic carbocycles. The maximum atomic E-state index is 5.52. The van der Waals surface area contributed by atoms with Crippen LogP contribution >= 0.6 is 11.3 Å². The van der Waals surface area contributed by atoms with E-state index >= 15 is 0 Å². The van der Waals surface area contributed by atoms with Gasteiger partial charge in [0.1, 0.15) is 0 Å². The lowest BCUT2D eigenvalue weighted by Gasteiger charge is -2.33. The summed E-state index contributed by atoms with van der Waals surface area (Å²) in [4.78, 5) is 12.6. The average molecular weight is 346 g/mol. The lowest BCUT2D eigenvalue weighted by Crippen LogP contribution is -2.40. The molecule has 4 rings (SSSR count). The van der Waals surface area contributed by atoms with Gasteiger partial charge in [-0.1, -0.05) is 6.07 Å². The summed E-state index contributed by atoms with van der Waals surface area (Å²) in [5.74, 6) is 1.47. The van der Waals surface area contributed by atoms with E-state index in [1.54, 1.807) is 18.4 Å². The van der Waals surface area contributed by atoms with Crippen LogP contribution in [0.15, 0.2) is 22.1 Å². The van der Waals surface area contributed by atoms with Gasteiger partial charge in [-0.15, -0.1) is 11.3 Å². The van der Waals surface area contributed by atoms with Gasteiger partial charge in [0.05, 0.1) is 12.6 Å². The van der Waals surface area contributed by atoms with Crippen LogP contribution in [0.2, 0.25) is 0 Å². The van der Waals surface area contributed by atoms with Gasteiger partial charge in [-0.3, -0.25) is 0 Å². The number of hydrogen-bond acceptors (Lipinski definition) is 9. The number of methoxy groups -OCH3 is 1. The van der Waals surface area contributed by atoms with E-state index in [9.17, 15) is 0 Å². The van der Waals surface area contributed by atoms with Crippen LogP contribution in [0.4, 0.5) is 11.6 Å². The fraction of sp³-hybridized carbons (Fsp3) is 0.467. The Kier molecular flexibility index (Phi) is 4.26. The number of nitrogens with zero attached hydrogens (tertiary/aromatic N) is 5. The summed E-state index contributed by atoms with van der Waals surface area (Å²) < 4.78 is 10.3. The number of hydrogen-bond donors (Lipinski definition) is 1. The van der Waals surface area contributed by atoms with Crippen molar-refractivity contribution in [3.05, 3.63) is 22.4 Å². The Morgan fingerprint density at radius 1 is 1.38 bits per heavy atom. The van der Waals surface area contributed by atoms with Gasteiger partial charge >= 0.3 is 0 Å². The minimum absolute atomic E-state index is 0.205. The van der Waals surface area contributed by atoms with E-state index in [1.165, 1.54) is 4.88 Å². The van der Waals surface area contributed by atoms with Gasteiger partial charge in [0.25, 0.3) is 0 Å². The first kappa shape index (κ1) is 15.3. The number of nitrogens with one attached hydrogen (secondary N) is 1. The van der Waals surface area contributed by atoms with Crippen LogP contribution in [0.1, 0.15) is 17.7 Å². The predicted octanol–water partition coefficient (Wildman–Crippen LogP) is 2.30. The zero-order chi connectivity index (χ0) is 16.4. The van der Waals surface area contributed by atoms with Gasteiger partial charge in [0, 0.05) is 25.1 Å². The molecule has 3 aromatic rings. The Bertz CT molecular complexity index is 806. The molecule has 1 atom stereocenters. The number of anilines is 2. The molecular weight excluding hydrogens is 328 g/mol. The number of thiophene rings is 1. The van der Waals surface area contributed by atoms with Gasteiger partial charge in [-0.25, -0.2) is 14.6 Å². The van der Waals surface area contributed by atoms with Crippen LogP contribution in [0.5, 0.6) is 0 Å². The Morgan fingerprint density at radius 2 is 2.25 bits per heavy atom. The number of ether oxygens (including phenoxy) is 1. The molecule has 0 radical (unpaired) electrons. The van der Waals surface area contributed by atoms with Crippen molar-refractivity contribution in [1.29, 1.82) is 0 Å². The van der Waals surface area contributed by atoms with Gasteiger partial charge in [-0.05, 0) is 34.6 Å². The normalized spacial score (nSPS) is 18.2. The molecule has 126 valence electrons. The van der Waals surface area contributed by atoms with Gasteiger partial charge < -0.3 is 15.0 Å². The Morgan fingerprint density at radius 3 is 3.04 bits per heavy atom. The largest absolute Gasteiger partial charge is 0.380 e. The molecule has 1 aliphatic heterocycles. The lowest BCUT2D eigenvalue weighted by atomic mass is 10.1. The van der Waals surface area contributed by atoms with Crippen molar-refractivity contribution in [2.45, 2.75) is 25.5 Å². The highest BCUT2D eigenvalue weighted by Crippen LogP contribution is 2.28. The summed E-state index contributed by atoms with van der Waals surface area (Å²) in [5.41, 5.74) is 0.832. The Balaban J connectivity index is 1.64. The molecule has 0 amide bonds. The minimum Gasteiger partial charge on any atom is -0.380 e. The summed E-state index contributed by atoms with van der Waals surface area (Å²) in [6, 6.07) is 4.12. The van der Waals surface area contributed by atoms with Gasteiger partial charge in [0.2, 0.25) is 11.3 Å². The number of aromatic nitrogens is 4. The van der Waals surface area contributed by atoms with E-state index in [1.807, 2.05) is 6.07 Å². The molecular formula is C15H18N6O2S. The summed E-state index contributed by atoms with van der Waals surface area (Å²) in [5, 5.41) is 13.1. The SMILES string of the molecule is COC1CCCN(c2nc3nonc3nc2NCc2cccs2)C1. The zero-order valence-electron chi connectivity index (χ0n) is 13.3. The number of rotatable bonds is 5. The first-order valence-corrected chi connectivity index (χ1v) is 8.76. The van der Waals surface area contributed by atoms with Crippen molar-refractivity contribution < 1.29 is 9.37 Å². The van der Waals surface area contributed by atoms with Crippen molar-refractivity contribution in [2.24, 2.45) is 0 Å². The van der Waals surface area contributed by atoms with Gasteiger partial charge in [0.15, 0.2) is 11.6 Å². The first-order chi connectivity index (χ1) is 11.8. The van der Waals surface area contributed by atoms with Crippen molar-refractivity contribution in [3.63, 3.8) is 0 Å². The van der Waals surface area contributed by atoms with Gasteiger partial charge in [-0.2, -0.15) is 0 Å². The quantitative estimate of drug-likeness (QED) is 0.753. The molecule has 1 aliphatic rings. The second-order valence-electron chi connectivity index (χ2n) is 5.69. The molecule has 0 saturated carbocycles. The smallest absolute Gasteiger partial charge is 0.245 e. The third-order valence-corrected chi connectivity index (χ3v) is 4.99. The molecule has 9 heteroatoms. The molecule has 1 fully saturated rings. The van der Waals surface area contributed by atoms with Crippen LogP contribution in [0.25, 0.3) is 11.3 Å². The summed E-state index contributed by atoms with van der Waals surface area (Å²) >= 11 is 1.70. The van der Waals surface area contributed by atoms with Crippen molar-refractivity contribution in [2.75, 3.05) is 30.4 Å². The van der Waals surface area contributed by atoms with E-state index < -0.39 is 0 Å². The molecule has 0 bridgehead atoms. The third kappa shape index (κ3) is 3.04. The maximum Gasteiger partial charge on any atom is 0.245 e. The van der Waals surface area contributed by atoms with Crippen molar-refractivity contribution >= 4 is 34.3 Å². The highest BCUT2D eigenvalue weighted by atomic mass is 32.1. The standard InChI is InChI=1S/C15H18N6O2S/c1-22-10-4-2-6-21(9-10)15-14(16-8-11-5-3-7-24-11)17-12-13(18-15)20-23-19-12/h3,5,7,10H,2,4,6,8-9H2,1H3,(H,16,17,19). The molecule has 0 spiro atoms. The second kappa shape index (κ2) is 6.70. The maximum absolute atomic E-state index is 5.52. The fourth-order valence-corrected chi connectivity index (χ4v) is 3.52. The molecule has 1 unspecified atom stereocenters. The number of piperidine rings is 1. The van der Waals surface area contributed by atoms with E-state index in [2.05, 4.69) is 41.9 Å². The summed E-state index contributed by atoms with van der Waals surface area (Å²) in [6.45, 7) is 2.40. The van der Waals surface area contributed by atoms with Crippen LogP contribution in [0, 0.1) is 0 Å². The fourth-order valence-electron chi connectivity index (χ4n) is 2.88. The molecule has 24 heavy (non-hydrogen) atoms. The molecule has 1 saturated heterocycles. The third-order valence-electron chi connectivity index (χ3n) is 4.12. The Hall–Kier alpha value is -2.26. The van der Waals surface area contributed by atoms with Crippen molar-refractivity contribution in [3.8, 4) is 0 Å². The van der Waals surface area contributed by atoms with E-state index in [-0.39, 0.29) is 6.10 Å². The summed E-state index contributed by atoms with van der Waals surface area (Å²) in [6.07, 6.45) is 2.32. The molecule has 1 N–H and O–H groups in total. The monoisotopic (exact) mass is 346 g/mol.